The number of aliphatic hydroxyl groups is 1. The third-order valence-corrected chi connectivity index (χ3v) is 3.08. The van der Waals surface area contributed by atoms with Crippen molar-refractivity contribution in [3.63, 3.8) is 0 Å². The average Bonchev–Trinajstić information content (AvgIpc) is 2.44. The molecule has 0 aromatic heterocycles. The van der Waals surface area contributed by atoms with Crippen LogP contribution in [0.1, 0.15) is 20.8 Å². The molecule has 2 amide bonds. The lowest BCUT2D eigenvalue weighted by atomic mass is 10.1. The largest absolute Gasteiger partial charge is 0.489 e. The number of carbonyl (C=O) groups excluding carboxylic acids is 1. The lowest BCUT2D eigenvalue weighted by Gasteiger charge is -2.19. The van der Waals surface area contributed by atoms with Crippen molar-refractivity contribution >= 4 is 11.7 Å². The zero-order chi connectivity index (χ0) is 15.8. The Morgan fingerprint density at radius 1 is 1.43 bits per heavy atom. The molecule has 1 aromatic rings. The minimum absolute atomic E-state index is 0.000911. The van der Waals surface area contributed by atoms with Crippen molar-refractivity contribution in [2.24, 2.45) is 5.92 Å². The lowest BCUT2D eigenvalue weighted by Crippen LogP contribution is -2.40. The number of rotatable bonds is 7. The van der Waals surface area contributed by atoms with Gasteiger partial charge in [0, 0.05) is 24.4 Å². The van der Waals surface area contributed by atoms with Gasteiger partial charge in [-0.25, -0.2) is 4.79 Å². The second-order valence-corrected chi connectivity index (χ2v) is 5.32. The van der Waals surface area contributed by atoms with Gasteiger partial charge in [-0.1, -0.05) is 19.6 Å². The normalized spacial score (nSPS) is 13.1. The number of amides is 2. The molecule has 0 saturated heterocycles. The number of hydrogen-bond acceptors (Lipinski definition) is 3. The van der Waals surface area contributed by atoms with Crippen LogP contribution in [0.3, 0.4) is 0 Å². The molecule has 0 saturated carbocycles. The van der Waals surface area contributed by atoms with E-state index in [0.29, 0.717) is 18.0 Å². The van der Waals surface area contributed by atoms with E-state index in [1.165, 1.54) is 0 Å². The van der Waals surface area contributed by atoms with E-state index >= 15 is 0 Å². The number of carbonyl (C=O) groups is 1. The van der Waals surface area contributed by atoms with Gasteiger partial charge < -0.3 is 20.5 Å². The van der Waals surface area contributed by atoms with Gasteiger partial charge in [0.05, 0.1) is 0 Å². The molecule has 0 radical (unpaired) electrons. The first-order valence-corrected chi connectivity index (χ1v) is 6.98. The first-order valence-electron chi connectivity index (χ1n) is 6.98. The maximum atomic E-state index is 11.9. The SMILES string of the molecule is C=C(C)COc1cccc(NC(=O)NC(C)C(C)CO)c1. The number of aliphatic hydroxyl groups excluding tert-OH is 1. The highest BCUT2D eigenvalue weighted by Crippen LogP contribution is 2.17. The summed E-state index contributed by atoms with van der Waals surface area (Å²) in [6.07, 6.45) is 0. The maximum Gasteiger partial charge on any atom is 0.319 e. The van der Waals surface area contributed by atoms with Gasteiger partial charge in [0.1, 0.15) is 12.4 Å². The van der Waals surface area contributed by atoms with E-state index in [2.05, 4.69) is 17.2 Å². The quantitative estimate of drug-likeness (QED) is 0.677. The Morgan fingerprint density at radius 3 is 2.76 bits per heavy atom. The molecule has 5 nitrogen and oxygen atoms in total. The maximum absolute atomic E-state index is 11.9. The predicted molar refractivity (Wildman–Crippen MR) is 84.6 cm³/mol. The summed E-state index contributed by atoms with van der Waals surface area (Å²) in [5.74, 6) is 0.675. The van der Waals surface area contributed by atoms with E-state index in [-0.39, 0.29) is 24.6 Å². The summed E-state index contributed by atoms with van der Waals surface area (Å²) >= 11 is 0. The van der Waals surface area contributed by atoms with Crippen LogP contribution in [0.25, 0.3) is 0 Å². The molecule has 116 valence electrons. The van der Waals surface area contributed by atoms with Gasteiger partial charge in [0.25, 0.3) is 0 Å². The molecule has 1 rings (SSSR count). The zero-order valence-electron chi connectivity index (χ0n) is 12.8. The van der Waals surface area contributed by atoms with E-state index in [4.69, 9.17) is 9.84 Å². The van der Waals surface area contributed by atoms with Crippen LogP contribution in [-0.2, 0) is 0 Å². The highest BCUT2D eigenvalue weighted by Gasteiger charge is 2.13. The minimum atomic E-state index is -0.306. The van der Waals surface area contributed by atoms with E-state index in [1.807, 2.05) is 32.9 Å². The monoisotopic (exact) mass is 292 g/mol. The van der Waals surface area contributed by atoms with Crippen LogP contribution in [0.4, 0.5) is 10.5 Å². The van der Waals surface area contributed by atoms with Gasteiger partial charge in [0.15, 0.2) is 0 Å². The first kappa shape index (κ1) is 17.0. The average molecular weight is 292 g/mol. The molecule has 0 aliphatic rings. The molecule has 0 aliphatic carbocycles. The Bertz CT molecular complexity index is 488. The third kappa shape index (κ3) is 6.31. The Labute approximate surface area is 126 Å². The summed E-state index contributed by atoms with van der Waals surface area (Å²) in [6, 6.07) is 6.75. The van der Waals surface area contributed by atoms with Crippen molar-refractivity contribution in [3.8, 4) is 5.75 Å². The fourth-order valence-corrected chi connectivity index (χ4v) is 1.54. The van der Waals surface area contributed by atoms with Gasteiger partial charge in [-0.15, -0.1) is 0 Å². The van der Waals surface area contributed by atoms with Gasteiger partial charge in [-0.2, -0.15) is 0 Å². The summed E-state index contributed by atoms with van der Waals surface area (Å²) in [5.41, 5.74) is 1.58. The molecule has 0 fully saturated rings. The van der Waals surface area contributed by atoms with Gasteiger partial charge in [-0.05, 0) is 37.5 Å². The van der Waals surface area contributed by atoms with Gasteiger partial charge in [-0.3, -0.25) is 0 Å². The molecule has 5 heteroatoms. The third-order valence-electron chi connectivity index (χ3n) is 3.08. The van der Waals surface area contributed by atoms with Crippen LogP contribution in [0, 0.1) is 5.92 Å². The molecule has 0 aliphatic heterocycles. The number of ether oxygens (including phenoxy) is 1. The van der Waals surface area contributed by atoms with E-state index in [1.54, 1.807) is 12.1 Å². The molecule has 1 aromatic carbocycles. The van der Waals surface area contributed by atoms with Crippen LogP contribution < -0.4 is 15.4 Å². The molecule has 2 atom stereocenters. The Kier molecular flexibility index (Phi) is 6.75. The van der Waals surface area contributed by atoms with Crippen LogP contribution in [0.2, 0.25) is 0 Å². The summed E-state index contributed by atoms with van der Waals surface area (Å²) in [5, 5.41) is 14.6. The molecule has 0 spiro atoms. The fraction of sp³-hybridized carbons (Fsp3) is 0.438. The number of anilines is 1. The molecular formula is C16H24N2O3. The summed E-state index contributed by atoms with van der Waals surface area (Å²) in [4.78, 5) is 11.9. The van der Waals surface area contributed by atoms with Crippen LogP contribution in [0.15, 0.2) is 36.4 Å². The summed E-state index contributed by atoms with van der Waals surface area (Å²) < 4.78 is 5.52. The molecule has 2 unspecified atom stereocenters. The molecule has 3 N–H and O–H groups in total. The molecular weight excluding hydrogens is 268 g/mol. The second kappa shape index (κ2) is 8.32. The number of hydrogen-bond donors (Lipinski definition) is 3. The Morgan fingerprint density at radius 2 is 2.14 bits per heavy atom. The van der Waals surface area contributed by atoms with Crippen molar-refractivity contribution in [3.05, 3.63) is 36.4 Å². The molecule has 0 heterocycles. The molecule has 21 heavy (non-hydrogen) atoms. The highest BCUT2D eigenvalue weighted by atomic mass is 16.5. The zero-order valence-corrected chi connectivity index (χ0v) is 12.8. The van der Waals surface area contributed by atoms with Crippen LogP contribution >= 0.6 is 0 Å². The standard InChI is InChI=1S/C16H24N2O3/c1-11(2)10-21-15-7-5-6-14(8-15)18-16(20)17-13(4)12(3)9-19/h5-8,12-13,19H,1,9-10H2,2-4H3,(H2,17,18,20). The van der Waals surface area contributed by atoms with Crippen molar-refractivity contribution in [1.82, 2.24) is 5.32 Å². The summed E-state index contributed by atoms with van der Waals surface area (Å²) in [6.45, 7) is 9.87. The molecule has 0 bridgehead atoms. The van der Waals surface area contributed by atoms with Crippen LogP contribution in [0.5, 0.6) is 5.75 Å². The smallest absolute Gasteiger partial charge is 0.319 e. The van der Waals surface area contributed by atoms with E-state index in [9.17, 15) is 4.79 Å². The fourth-order valence-electron chi connectivity index (χ4n) is 1.54. The lowest BCUT2D eigenvalue weighted by molar-refractivity contribution is 0.204. The van der Waals surface area contributed by atoms with Gasteiger partial charge in [0.2, 0.25) is 0 Å². The minimum Gasteiger partial charge on any atom is -0.489 e. The van der Waals surface area contributed by atoms with E-state index in [0.717, 1.165) is 5.57 Å². The number of urea groups is 1. The first-order chi connectivity index (χ1) is 9.92. The highest BCUT2D eigenvalue weighted by molar-refractivity contribution is 5.89. The van der Waals surface area contributed by atoms with E-state index < -0.39 is 0 Å². The number of nitrogens with one attached hydrogen (secondary N) is 2. The van der Waals surface area contributed by atoms with Crippen molar-refractivity contribution < 1.29 is 14.6 Å². The van der Waals surface area contributed by atoms with Crippen LogP contribution in [-0.4, -0.2) is 30.4 Å². The van der Waals surface area contributed by atoms with Crippen molar-refractivity contribution in [2.75, 3.05) is 18.5 Å². The van der Waals surface area contributed by atoms with Crippen molar-refractivity contribution in [2.45, 2.75) is 26.8 Å². The number of benzene rings is 1. The summed E-state index contributed by atoms with van der Waals surface area (Å²) in [7, 11) is 0. The predicted octanol–water partition coefficient (Wildman–Crippen LogP) is 2.78. The van der Waals surface area contributed by atoms with Gasteiger partial charge >= 0.3 is 6.03 Å². The second-order valence-electron chi connectivity index (χ2n) is 5.32. The van der Waals surface area contributed by atoms with Crippen molar-refractivity contribution in [1.29, 1.82) is 0 Å². The Balaban J connectivity index is 2.56. The topological polar surface area (TPSA) is 70.6 Å². The Hall–Kier alpha value is -2.01.